The van der Waals surface area contributed by atoms with Crippen LogP contribution in [-0.4, -0.2) is 58.7 Å². The third-order valence-electron chi connectivity index (χ3n) is 4.45. The van der Waals surface area contributed by atoms with Gasteiger partial charge in [-0.25, -0.2) is 8.42 Å². The number of carbonyl (C=O) groups is 1. The van der Waals surface area contributed by atoms with Gasteiger partial charge in [0.2, 0.25) is 10.0 Å². The van der Waals surface area contributed by atoms with Gasteiger partial charge in [0, 0.05) is 18.7 Å². The van der Waals surface area contributed by atoms with E-state index >= 15 is 0 Å². The zero-order chi connectivity index (χ0) is 20.9. The maximum atomic E-state index is 12.9. The number of carbonyl (C=O) groups excluding carboxylic acids is 1. The van der Waals surface area contributed by atoms with Crippen LogP contribution < -0.4 is 14.8 Å². The normalized spacial score (nSPS) is 15.0. The number of hydrogen-bond donors (Lipinski definition) is 1. The predicted molar refractivity (Wildman–Crippen MR) is 108 cm³/mol. The van der Waals surface area contributed by atoms with Crippen LogP contribution >= 0.6 is 0 Å². The van der Waals surface area contributed by atoms with Crippen LogP contribution in [0, 0.1) is 0 Å². The summed E-state index contributed by atoms with van der Waals surface area (Å²) in [6, 6.07) is 11.1. The van der Waals surface area contributed by atoms with Crippen LogP contribution in [0.3, 0.4) is 0 Å². The number of sulfonamides is 1. The Kier molecular flexibility index (Phi) is 6.73. The molecular weight excluding hydrogens is 396 g/mol. The topological polar surface area (TPSA) is 94.2 Å². The van der Waals surface area contributed by atoms with Gasteiger partial charge in [0.1, 0.15) is 11.5 Å². The summed E-state index contributed by atoms with van der Waals surface area (Å²) >= 11 is 0. The molecule has 0 aliphatic carbocycles. The van der Waals surface area contributed by atoms with E-state index < -0.39 is 10.0 Å². The number of morpholine rings is 1. The first-order valence-corrected chi connectivity index (χ1v) is 10.7. The van der Waals surface area contributed by atoms with Gasteiger partial charge in [-0.3, -0.25) is 4.79 Å². The van der Waals surface area contributed by atoms with Crippen molar-refractivity contribution in [2.24, 2.45) is 0 Å². The fourth-order valence-electron chi connectivity index (χ4n) is 2.94. The standard InChI is InChI=1S/C20H24N2O6S/c1-3-28-16-6-4-15(5-7-16)20(23)21-18-14-17(8-9-19(18)26-2)29(24,25)22-10-12-27-13-11-22/h4-9,14H,3,10-13H2,1-2H3,(H,21,23). The number of hydrogen-bond acceptors (Lipinski definition) is 6. The van der Waals surface area contributed by atoms with Gasteiger partial charge < -0.3 is 19.5 Å². The van der Waals surface area contributed by atoms with E-state index in [0.29, 0.717) is 50.0 Å². The number of methoxy groups -OCH3 is 1. The molecule has 1 aliphatic rings. The molecule has 1 N–H and O–H groups in total. The van der Waals surface area contributed by atoms with E-state index in [1.165, 1.54) is 29.6 Å². The highest BCUT2D eigenvalue weighted by molar-refractivity contribution is 7.89. The summed E-state index contributed by atoms with van der Waals surface area (Å²) in [7, 11) is -2.24. The highest BCUT2D eigenvalue weighted by Crippen LogP contribution is 2.29. The maximum absolute atomic E-state index is 12.9. The SMILES string of the molecule is CCOc1ccc(C(=O)Nc2cc(S(=O)(=O)N3CCOCC3)ccc2OC)cc1. The van der Waals surface area contributed by atoms with Crippen molar-refractivity contribution in [2.75, 3.05) is 45.3 Å². The van der Waals surface area contributed by atoms with E-state index in [4.69, 9.17) is 14.2 Å². The Balaban J connectivity index is 1.84. The third kappa shape index (κ3) is 4.87. The van der Waals surface area contributed by atoms with Crippen LogP contribution in [0.15, 0.2) is 47.4 Å². The summed E-state index contributed by atoms with van der Waals surface area (Å²) in [5.74, 6) is 0.651. The van der Waals surface area contributed by atoms with Gasteiger partial charge >= 0.3 is 0 Å². The molecular formula is C20H24N2O6S. The molecule has 29 heavy (non-hydrogen) atoms. The first kappa shape index (κ1) is 21.1. The Morgan fingerprint density at radius 1 is 1.14 bits per heavy atom. The van der Waals surface area contributed by atoms with Crippen LogP contribution in [0.5, 0.6) is 11.5 Å². The van der Waals surface area contributed by atoms with E-state index in [9.17, 15) is 13.2 Å². The largest absolute Gasteiger partial charge is 0.495 e. The molecule has 8 nitrogen and oxygen atoms in total. The Morgan fingerprint density at radius 2 is 1.83 bits per heavy atom. The zero-order valence-electron chi connectivity index (χ0n) is 16.4. The third-order valence-corrected chi connectivity index (χ3v) is 6.35. The number of nitrogens with zero attached hydrogens (tertiary/aromatic N) is 1. The summed E-state index contributed by atoms with van der Waals surface area (Å²) in [5.41, 5.74) is 0.692. The van der Waals surface area contributed by atoms with Crippen molar-refractivity contribution in [1.82, 2.24) is 4.31 Å². The molecule has 1 aliphatic heterocycles. The van der Waals surface area contributed by atoms with Crippen molar-refractivity contribution in [3.05, 3.63) is 48.0 Å². The van der Waals surface area contributed by atoms with E-state index in [1.807, 2.05) is 6.92 Å². The lowest BCUT2D eigenvalue weighted by atomic mass is 10.2. The summed E-state index contributed by atoms with van der Waals surface area (Å²) in [5, 5.41) is 2.73. The molecule has 0 aromatic heterocycles. The highest BCUT2D eigenvalue weighted by atomic mass is 32.2. The van der Waals surface area contributed by atoms with Gasteiger partial charge in [0.15, 0.2) is 0 Å². The molecule has 0 unspecified atom stereocenters. The molecule has 1 fully saturated rings. The molecule has 0 bridgehead atoms. The van der Waals surface area contributed by atoms with Crippen molar-refractivity contribution in [2.45, 2.75) is 11.8 Å². The Hall–Kier alpha value is -2.62. The molecule has 0 radical (unpaired) electrons. The van der Waals surface area contributed by atoms with E-state index in [0.717, 1.165) is 0 Å². The number of anilines is 1. The lowest BCUT2D eigenvalue weighted by Gasteiger charge is -2.26. The van der Waals surface area contributed by atoms with Gasteiger partial charge in [0.05, 0.1) is 37.5 Å². The lowest BCUT2D eigenvalue weighted by molar-refractivity contribution is 0.0730. The minimum absolute atomic E-state index is 0.0854. The molecule has 0 saturated carbocycles. The maximum Gasteiger partial charge on any atom is 0.255 e. The highest BCUT2D eigenvalue weighted by Gasteiger charge is 2.27. The molecule has 1 amide bonds. The Bertz CT molecular complexity index is 953. The summed E-state index contributed by atoms with van der Waals surface area (Å²) in [6.07, 6.45) is 0. The minimum atomic E-state index is -3.69. The van der Waals surface area contributed by atoms with Gasteiger partial charge in [-0.15, -0.1) is 0 Å². The fraction of sp³-hybridized carbons (Fsp3) is 0.350. The quantitative estimate of drug-likeness (QED) is 0.739. The number of rotatable bonds is 7. The van der Waals surface area contributed by atoms with Crippen molar-refractivity contribution in [1.29, 1.82) is 0 Å². The Labute approximate surface area is 170 Å². The predicted octanol–water partition coefficient (Wildman–Crippen LogP) is 2.37. The first-order chi connectivity index (χ1) is 14.0. The second kappa shape index (κ2) is 9.25. The van der Waals surface area contributed by atoms with Crippen molar-refractivity contribution in [3.8, 4) is 11.5 Å². The van der Waals surface area contributed by atoms with Gasteiger partial charge in [-0.2, -0.15) is 4.31 Å². The zero-order valence-corrected chi connectivity index (χ0v) is 17.2. The molecule has 2 aromatic rings. The monoisotopic (exact) mass is 420 g/mol. The smallest absolute Gasteiger partial charge is 0.255 e. The molecule has 156 valence electrons. The number of benzene rings is 2. The van der Waals surface area contributed by atoms with Crippen molar-refractivity contribution >= 4 is 21.6 Å². The first-order valence-electron chi connectivity index (χ1n) is 9.26. The molecule has 2 aromatic carbocycles. The van der Waals surface area contributed by atoms with Gasteiger partial charge in [-0.05, 0) is 49.4 Å². The molecule has 0 atom stereocenters. The molecule has 1 saturated heterocycles. The summed E-state index contributed by atoms with van der Waals surface area (Å²) in [6.45, 7) is 3.72. The van der Waals surface area contributed by atoms with Crippen LogP contribution in [0.25, 0.3) is 0 Å². The average molecular weight is 420 g/mol. The number of amides is 1. The Morgan fingerprint density at radius 3 is 2.45 bits per heavy atom. The fourth-order valence-corrected chi connectivity index (χ4v) is 4.38. The van der Waals surface area contributed by atoms with E-state index in [2.05, 4.69) is 5.32 Å². The number of ether oxygens (including phenoxy) is 3. The molecule has 0 spiro atoms. The van der Waals surface area contributed by atoms with Crippen LogP contribution in [0.1, 0.15) is 17.3 Å². The molecule has 3 rings (SSSR count). The van der Waals surface area contributed by atoms with Gasteiger partial charge in [-0.1, -0.05) is 0 Å². The minimum Gasteiger partial charge on any atom is -0.495 e. The second-order valence-electron chi connectivity index (χ2n) is 6.29. The van der Waals surface area contributed by atoms with Crippen LogP contribution in [0.2, 0.25) is 0 Å². The summed E-state index contributed by atoms with van der Waals surface area (Å²) < 4.78 is 43.0. The van der Waals surface area contributed by atoms with Crippen LogP contribution in [-0.2, 0) is 14.8 Å². The number of nitrogens with one attached hydrogen (secondary N) is 1. The van der Waals surface area contributed by atoms with Crippen LogP contribution in [0.4, 0.5) is 5.69 Å². The van der Waals surface area contributed by atoms with Crippen molar-refractivity contribution < 1.29 is 27.4 Å². The molecule has 9 heteroatoms. The lowest BCUT2D eigenvalue weighted by Crippen LogP contribution is -2.40. The van der Waals surface area contributed by atoms with Gasteiger partial charge in [0.25, 0.3) is 5.91 Å². The van der Waals surface area contributed by atoms with Crippen molar-refractivity contribution in [3.63, 3.8) is 0 Å². The van der Waals surface area contributed by atoms with E-state index in [-0.39, 0.29) is 16.5 Å². The molecule has 1 heterocycles. The summed E-state index contributed by atoms with van der Waals surface area (Å²) in [4.78, 5) is 12.7. The second-order valence-corrected chi connectivity index (χ2v) is 8.23. The van der Waals surface area contributed by atoms with E-state index in [1.54, 1.807) is 24.3 Å². The average Bonchev–Trinajstić information content (AvgIpc) is 2.75.